The first-order valence-corrected chi connectivity index (χ1v) is 7.67. The zero-order chi connectivity index (χ0) is 14.1. The molecular weight excluding hydrogens is 290 g/mol. The number of thiazole rings is 1. The molecule has 2 aromatic heterocycles. The van der Waals surface area contributed by atoms with Crippen LogP contribution in [0.5, 0.6) is 5.75 Å². The molecule has 6 heteroatoms. The van der Waals surface area contributed by atoms with E-state index in [-0.39, 0.29) is 0 Å². The molecule has 0 aliphatic rings. The third-order valence-corrected chi connectivity index (χ3v) is 4.28. The highest BCUT2D eigenvalue weighted by Gasteiger charge is 2.10. The molecule has 0 spiro atoms. The summed E-state index contributed by atoms with van der Waals surface area (Å²) in [7, 11) is 0. The summed E-state index contributed by atoms with van der Waals surface area (Å²) in [5, 5.41) is 1.07. The van der Waals surface area contributed by atoms with E-state index in [0.29, 0.717) is 11.4 Å². The zero-order valence-electron chi connectivity index (χ0n) is 11.3. The summed E-state index contributed by atoms with van der Waals surface area (Å²) in [5.41, 5.74) is 2.02. The average Bonchev–Trinajstić information content (AvgIpc) is 2.97. The van der Waals surface area contributed by atoms with Crippen molar-refractivity contribution >= 4 is 34.6 Å². The van der Waals surface area contributed by atoms with Crippen molar-refractivity contribution in [2.24, 2.45) is 0 Å². The van der Waals surface area contributed by atoms with Crippen LogP contribution in [0, 0.1) is 11.7 Å². The summed E-state index contributed by atoms with van der Waals surface area (Å²) in [4.78, 5) is 8.73. The number of aromatic amines is 1. The minimum Gasteiger partial charge on any atom is -0.492 e. The molecule has 0 aliphatic heterocycles. The van der Waals surface area contributed by atoms with E-state index >= 15 is 0 Å². The summed E-state index contributed by atoms with van der Waals surface area (Å²) in [6.45, 7) is 5.36. The fraction of sp³-hybridized carbons (Fsp3) is 0.286. The number of nitrogens with one attached hydrogen (secondary N) is 1. The highest BCUT2D eigenvalue weighted by Crippen LogP contribution is 2.26. The van der Waals surface area contributed by atoms with E-state index < -0.39 is 0 Å². The van der Waals surface area contributed by atoms with Crippen LogP contribution in [0.15, 0.2) is 24.4 Å². The van der Waals surface area contributed by atoms with E-state index in [2.05, 4.69) is 20.6 Å². The number of H-pyrrole nitrogens is 1. The number of hydrogen-bond donors (Lipinski definition) is 1. The van der Waals surface area contributed by atoms with Crippen molar-refractivity contribution in [3.05, 3.63) is 39.1 Å². The Morgan fingerprint density at radius 2 is 2.30 bits per heavy atom. The summed E-state index contributed by atoms with van der Waals surface area (Å²) in [6, 6.07) is 6.00. The SMILES string of the molecule is CCOc1cccc2c1[nH]c(=S)n2Cc1cnc(C)s1. The van der Waals surface area contributed by atoms with Gasteiger partial charge >= 0.3 is 0 Å². The summed E-state index contributed by atoms with van der Waals surface area (Å²) in [5.74, 6) is 0.843. The fourth-order valence-electron chi connectivity index (χ4n) is 2.22. The maximum absolute atomic E-state index is 5.64. The topological polar surface area (TPSA) is 42.8 Å². The Balaban J connectivity index is 2.09. The molecule has 0 radical (unpaired) electrons. The van der Waals surface area contributed by atoms with Crippen LogP contribution in [-0.4, -0.2) is 21.1 Å². The zero-order valence-corrected chi connectivity index (χ0v) is 13.0. The highest BCUT2D eigenvalue weighted by molar-refractivity contribution is 7.71. The molecule has 4 nitrogen and oxygen atoms in total. The van der Waals surface area contributed by atoms with Crippen LogP contribution >= 0.6 is 23.6 Å². The Morgan fingerprint density at radius 1 is 1.45 bits per heavy atom. The van der Waals surface area contributed by atoms with E-state index in [9.17, 15) is 0 Å². The number of hydrogen-bond acceptors (Lipinski definition) is 4. The molecule has 20 heavy (non-hydrogen) atoms. The van der Waals surface area contributed by atoms with Crippen molar-refractivity contribution in [2.45, 2.75) is 20.4 Å². The first-order valence-electron chi connectivity index (χ1n) is 6.44. The quantitative estimate of drug-likeness (QED) is 0.743. The van der Waals surface area contributed by atoms with Gasteiger partial charge in [-0.25, -0.2) is 4.98 Å². The van der Waals surface area contributed by atoms with E-state index in [0.717, 1.165) is 28.3 Å². The monoisotopic (exact) mass is 305 g/mol. The van der Waals surface area contributed by atoms with Crippen LogP contribution in [-0.2, 0) is 6.54 Å². The van der Waals surface area contributed by atoms with Gasteiger partial charge in [0.1, 0.15) is 11.3 Å². The minimum absolute atomic E-state index is 0.638. The van der Waals surface area contributed by atoms with Crippen molar-refractivity contribution < 1.29 is 4.74 Å². The Bertz CT molecular complexity index is 800. The molecule has 0 bridgehead atoms. The summed E-state index contributed by atoms with van der Waals surface area (Å²) in [6.07, 6.45) is 1.91. The largest absolute Gasteiger partial charge is 0.492 e. The second-order valence-electron chi connectivity index (χ2n) is 4.45. The van der Waals surface area contributed by atoms with Crippen LogP contribution in [0.2, 0.25) is 0 Å². The lowest BCUT2D eigenvalue weighted by atomic mass is 10.3. The molecule has 1 aromatic carbocycles. The van der Waals surface area contributed by atoms with Crippen molar-refractivity contribution in [2.75, 3.05) is 6.61 Å². The van der Waals surface area contributed by atoms with Crippen LogP contribution < -0.4 is 4.74 Å². The molecular formula is C14H15N3OS2. The molecule has 2 heterocycles. The number of nitrogens with zero attached hydrogens (tertiary/aromatic N) is 2. The van der Waals surface area contributed by atoms with Crippen LogP contribution in [0.25, 0.3) is 11.0 Å². The molecule has 3 aromatic rings. The number of ether oxygens (including phenoxy) is 1. The number of fused-ring (bicyclic) bond motifs is 1. The Hall–Kier alpha value is -1.66. The molecule has 1 N–H and O–H groups in total. The van der Waals surface area contributed by atoms with Crippen LogP contribution in [0.1, 0.15) is 16.8 Å². The Kier molecular flexibility index (Phi) is 3.58. The maximum atomic E-state index is 5.64. The molecule has 0 aliphatic carbocycles. The molecule has 0 saturated carbocycles. The van der Waals surface area contributed by atoms with Crippen LogP contribution in [0.3, 0.4) is 0 Å². The van der Waals surface area contributed by atoms with Crippen molar-refractivity contribution in [1.29, 1.82) is 0 Å². The molecule has 104 valence electrons. The van der Waals surface area contributed by atoms with Gasteiger partial charge in [0.05, 0.1) is 23.7 Å². The van der Waals surface area contributed by atoms with Crippen molar-refractivity contribution in [3.8, 4) is 5.75 Å². The fourth-order valence-corrected chi connectivity index (χ4v) is 3.27. The van der Waals surface area contributed by atoms with Gasteiger partial charge in [0.2, 0.25) is 0 Å². The second-order valence-corrected chi connectivity index (χ2v) is 6.15. The number of aryl methyl sites for hydroxylation is 1. The Morgan fingerprint density at radius 3 is 3.00 bits per heavy atom. The second kappa shape index (κ2) is 5.38. The molecule has 0 amide bonds. The predicted octanol–water partition coefficient (Wildman–Crippen LogP) is 3.91. The first-order chi connectivity index (χ1) is 9.69. The lowest BCUT2D eigenvalue weighted by Crippen LogP contribution is -1.98. The predicted molar refractivity (Wildman–Crippen MR) is 84.2 cm³/mol. The van der Waals surface area contributed by atoms with E-state index in [1.165, 1.54) is 4.88 Å². The number of benzene rings is 1. The van der Waals surface area contributed by atoms with Gasteiger partial charge in [-0.1, -0.05) is 6.07 Å². The normalized spacial score (nSPS) is 11.1. The molecule has 0 saturated heterocycles. The van der Waals surface area contributed by atoms with Crippen molar-refractivity contribution in [3.63, 3.8) is 0 Å². The first kappa shape index (κ1) is 13.3. The molecule has 0 fully saturated rings. The maximum Gasteiger partial charge on any atom is 0.178 e. The van der Waals surface area contributed by atoms with Gasteiger partial charge in [-0.2, -0.15) is 0 Å². The lowest BCUT2D eigenvalue weighted by Gasteiger charge is -2.05. The summed E-state index contributed by atoms with van der Waals surface area (Å²) < 4.78 is 8.43. The third-order valence-electron chi connectivity index (χ3n) is 3.06. The Labute approximate surface area is 126 Å². The number of para-hydroxylation sites is 1. The van der Waals surface area contributed by atoms with Gasteiger partial charge in [0, 0.05) is 11.1 Å². The third kappa shape index (κ3) is 2.36. The van der Waals surface area contributed by atoms with E-state index in [1.807, 2.05) is 32.2 Å². The standard InChI is InChI=1S/C14H15N3OS2/c1-3-18-12-6-4-5-11-13(12)16-14(19)17(11)8-10-7-15-9(2)20-10/h4-7H,3,8H2,1-2H3,(H,16,19). The van der Waals surface area contributed by atoms with Gasteiger partial charge in [-0.3, -0.25) is 0 Å². The highest BCUT2D eigenvalue weighted by atomic mass is 32.1. The van der Waals surface area contributed by atoms with Crippen LogP contribution in [0.4, 0.5) is 0 Å². The van der Waals surface area contributed by atoms with Gasteiger partial charge in [-0.15, -0.1) is 11.3 Å². The lowest BCUT2D eigenvalue weighted by molar-refractivity contribution is 0.343. The molecule has 0 atom stereocenters. The average molecular weight is 305 g/mol. The number of rotatable bonds is 4. The van der Waals surface area contributed by atoms with Gasteiger partial charge < -0.3 is 14.3 Å². The molecule has 0 unspecified atom stereocenters. The summed E-state index contributed by atoms with van der Waals surface area (Å²) >= 11 is 7.13. The van der Waals surface area contributed by atoms with Gasteiger partial charge in [-0.05, 0) is 38.2 Å². The number of imidazole rings is 1. The van der Waals surface area contributed by atoms with E-state index in [1.54, 1.807) is 11.3 Å². The van der Waals surface area contributed by atoms with Gasteiger partial charge in [0.25, 0.3) is 0 Å². The number of aromatic nitrogens is 3. The minimum atomic E-state index is 0.638. The van der Waals surface area contributed by atoms with E-state index in [4.69, 9.17) is 17.0 Å². The smallest absolute Gasteiger partial charge is 0.178 e. The van der Waals surface area contributed by atoms with Crippen molar-refractivity contribution in [1.82, 2.24) is 14.5 Å². The van der Waals surface area contributed by atoms with Gasteiger partial charge in [0.15, 0.2) is 4.77 Å². The molecule has 3 rings (SSSR count).